The quantitative estimate of drug-likeness (QED) is 0.833. The van der Waals surface area contributed by atoms with Crippen LogP contribution in [0.5, 0.6) is 0 Å². The highest BCUT2D eigenvalue weighted by Crippen LogP contribution is 2.69. The van der Waals surface area contributed by atoms with Gasteiger partial charge in [-0.05, 0) is 70.6 Å². The van der Waals surface area contributed by atoms with Crippen molar-refractivity contribution in [3.05, 3.63) is 41.6 Å². The Morgan fingerprint density at radius 2 is 1.85 bits per heavy atom. The molecule has 5 heteroatoms. The molecule has 2 bridgehead atoms. The van der Waals surface area contributed by atoms with E-state index in [2.05, 4.69) is 16.4 Å². The number of aryl methyl sites for hydroxylation is 1. The molecule has 3 fully saturated rings. The van der Waals surface area contributed by atoms with Crippen molar-refractivity contribution in [2.45, 2.75) is 64.5 Å². The van der Waals surface area contributed by atoms with Crippen LogP contribution in [0.2, 0.25) is 0 Å². The zero-order valence-corrected chi connectivity index (χ0v) is 16.4. The molecule has 1 amide bonds. The van der Waals surface area contributed by atoms with Crippen LogP contribution in [0.15, 0.2) is 30.3 Å². The van der Waals surface area contributed by atoms with Crippen LogP contribution in [0.4, 0.5) is 0 Å². The van der Waals surface area contributed by atoms with Crippen LogP contribution in [-0.2, 0) is 9.53 Å². The van der Waals surface area contributed by atoms with Gasteiger partial charge in [-0.15, -0.1) is 0 Å². The molecule has 2 aromatic rings. The number of nitrogens with zero attached hydrogens (tertiary/aromatic N) is 1. The highest BCUT2D eigenvalue weighted by Gasteiger charge is 2.69. The molecule has 0 radical (unpaired) electrons. The molecule has 142 valence electrons. The summed E-state index contributed by atoms with van der Waals surface area (Å²) in [5, 5.41) is 4.18. The van der Waals surface area contributed by atoms with E-state index in [4.69, 9.17) is 4.74 Å². The van der Waals surface area contributed by atoms with Gasteiger partial charge in [0.25, 0.3) is 5.91 Å². The van der Waals surface area contributed by atoms with Crippen molar-refractivity contribution >= 4 is 22.8 Å². The predicted octanol–water partition coefficient (Wildman–Crippen LogP) is 3.93. The molecule has 1 heterocycles. The second-order valence-electron chi connectivity index (χ2n) is 9.42. The van der Waals surface area contributed by atoms with Crippen LogP contribution in [0, 0.1) is 12.3 Å². The lowest BCUT2D eigenvalue weighted by atomic mass is 9.38. The highest BCUT2D eigenvalue weighted by molar-refractivity contribution is 5.95. The predicted molar refractivity (Wildman–Crippen MR) is 103 cm³/mol. The minimum absolute atomic E-state index is 0.0178. The molecule has 0 atom stereocenters. The number of carbonyl (C=O) groups is 2. The summed E-state index contributed by atoms with van der Waals surface area (Å²) < 4.78 is 5.43. The van der Waals surface area contributed by atoms with E-state index < -0.39 is 5.60 Å². The molecule has 3 saturated carbocycles. The fourth-order valence-corrected chi connectivity index (χ4v) is 4.68. The van der Waals surface area contributed by atoms with E-state index >= 15 is 0 Å². The topological polar surface area (TPSA) is 68.3 Å². The minimum atomic E-state index is -0.452. The van der Waals surface area contributed by atoms with Crippen LogP contribution in [0.3, 0.4) is 0 Å². The first-order valence-corrected chi connectivity index (χ1v) is 9.49. The number of rotatable bonds is 4. The van der Waals surface area contributed by atoms with Crippen LogP contribution < -0.4 is 5.32 Å². The van der Waals surface area contributed by atoms with Crippen molar-refractivity contribution < 1.29 is 14.3 Å². The van der Waals surface area contributed by atoms with Crippen molar-refractivity contribution in [3.8, 4) is 0 Å². The minimum Gasteiger partial charge on any atom is -0.460 e. The van der Waals surface area contributed by atoms with E-state index in [0.717, 1.165) is 30.2 Å². The second-order valence-corrected chi connectivity index (χ2v) is 9.42. The van der Waals surface area contributed by atoms with Crippen molar-refractivity contribution in [1.29, 1.82) is 0 Å². The maximum atomic E-state index is 12.6. The smallest absolute Gasteiger partial charge is 0.306 e. The maximum Gasteiger partial charge on any atom is 0.306 e. The Kier molecular flexibility index (Phi) is 3.85. The maximum absolute atomic E-state index is 12.6. The van der Waals surface area contributed by atoms with Crippen LogP contribution in [0.25, 0.3) is 10.9 Å². The summed E-state index contributed by atoms with van der Waals surface area (Å²) in [5.41, 5.74) is 1.84. The number of pyridine rings is 1. The summed E-state index contributed by atoms with van der Waals surface area (Å²) in [5.74, 6) is -0.281. The molecule has 0 aliphatic heterocycles. The molecule has 3 aliphatic carbocycles. The molecule has 3 aliphatic rings. The van der Waals surface area contributed by atoms with E-state index in [1.165, 1.54) is 5.56 Å². The summed E-state index contributed by atoms with van der Waals surface area (Å²) in [6.45, 7) is 7.68. The van der Waals surface area contributed by atoms with Gasteiger partial charge in [-0.2, -0.15) is 0 Å². The molecule has 1 N–H and O–H groups in total. The van der Waals surface area contributed by atoms with Crippen molar-refractivity contribution in [3.63, 3.8) is 0 Å². The van der Waals surface area contributed by atoms with E-state index in [1.54, 1.807) is 6.07 Å². The van der Waals surface area contributed by atoms with E-state index in [0.29, 0.717) is 12.1 Å². The summed E-state index contributed by atoms with van der Waals surface area (Å²) >= 11 is 0. The Hall–Kier alpha value is -2.43. The SMILES string of the molecule is Cc1ccc2nc(C(=O)NC34CC(CC(=O)OC(C)(C)C)(C3)C4)ccc2c1. The van der Waals surface area contributed by atoms with Gasteiger partial charge in [-0.3, -0.25) is 9.59 Å². The lowest BCUT2D eigenvalue weighted by Crippen LogP contribution is -2.75. The lowest BCUT2D eigenvalue weighted by molar-refractivity contribution is -0.184. The molecule has 5 nitrogen and oxygen atoms in total. The first-order chi connectivity index (χ1) is 12.6. The molecule has 0 unspecified atom stereocenters. The van der Waals surface area contributed by atoms with Crippen LogP contribution in [0.1, 0.15) is 62.5 Å². The average molecular weight is 366 g/mol. The largest absolute Gasteiger partial charge is 0.460 e. The third-order valence-electron chi connectivity index (χ3n) is 5.54. The van der Waals surface area contributed by atoms with Crippen molar-refractivity contribution in [1.82, 2.24) is 10.3 Å². The van der Waals surface area contributed by atoms with Crippen LogP contribution >= 0.6 is 0 Å². The number of benzene rings is 1. The average Bonchev–Trinajstić information content (AvgIpc) is 2.49. The molecule has 0 spiro atoms. The van der Waals surface area contributed by atoms with Gasteiger partial charge in [-0.1, -0.05) is 17.7 Å². The normalized spacial score (nSPS) is 26.1. The lowest BCUT2D eigenvalue weighted by Gasteiger charge is -2.70. The Balaban J connectivity index is 1.36. The van der Waals surface area contributed by atoms with Crippen LogP contribution in [-0.4, -0.2) is 28.0 Å². The standard InChI is InChI=1S/C22H26N2O3/c1-14-5-7-16-15(9-14)6-8-17(23-16)19(26)24-22-11-21(12-22,13-22)10-18(25)27-20(2,3)4/h5-9H,10-13H2,1-4H3,(H,24,26). The van der Waals surface area contributed by atoms with E-state index in [9.17, 15) is 9.59 Å². The monoisotopic (exact) mass is 366 g/mol. The number of ether oxygens (including phenoxy) is 1. The van der Waals surface area contributed by atoms with Gasteiger partial charge >= 0.3 is 5.97 Å². The Labute approximate surface area is 159 Å². The first kappa shape index (κ1) is 18.0. The fraction of sp³-hybridized carbons (Fsp3) is 0.500. The fourth-order valence-electron chi connectivity index (χ4n) is 4.68. The number of hydrogen-bond acceptors (Lipinski definition) is 4. The summed E-state index contributed by atoms with van der Waals surface area (Å²) in [4.78, 5) is 29.2. The zero-order chi connectivity index (χ0) is 19.4. The Morgan fingerprint density at radius 3 is 2.52 bits per heavy atom. The van der Waals surface area contributed by atoms with Gasteiger partial charge in [0.1, 0.15) is 11.3 Å². The number of aromatic nitrogens is 1. The first-order valence-electron chi connectivity index (χ1n) is 9.49. The van der Waals surface area contributed by atoms with Gasteiger partial charge in [0, 0.05) is 10.9 Å². The second kappa shape index (κ2) is 5.78. The molecular weight excluding hydrogens is 340 g/mol. The Bertz CT molecular complexity index is 922. The molecule has 1 aromatic heterocycles. The number of esters is 1. The number of carbonyl (C=O) groups excluding carboxylic acids is 2. The molecule has 5 rings (SSSR count). The van der Waals surface area contributed by atoms with E-state index in [1.807, 2.05) is 45.9 Å². The molecule has 1 aromatic carbocycles. The van der Waals surface area contributed by atoms with Gasteiger partial charge in [-0.25, -0.2) is 4.98 Å². The van der Waals surface area contributed by atoms with Gasteiger partial charge in [0.05, 0.1) is 11.9 Å². The number of amides is 1. The summed E-state index contributed by atoms with van der Waals surface area (Å²) in [6, 6.07) is 9.72. The number of hydrogen-bond donors (Lipinski definition) is 1. The summed E-state index contributed by atoms with van der Waals surface area (Å²) in [7, 11) is 0. The molecule has 27 heavy (non-hydrogen) atoms. The van der Waals surface area contributed by atoms with Crippen molar-refractivity contribution in [2.24, 2.45) is 5.41 Å². The number of nitrogens with one attached hydrogen (secondary N) is 1. The van der Waals surface area contributed by atoms with Gasteiger partial charge in [0.2, 0.25) is 0 Å². The van der Waals surface area contributed by atoms with Gasteiger partial charge < -0.3 is 10.1 Å². The molecular formula is C22H26N2O3. The third kappa shape index (κ3) is 3.43. The van der Waals surface area contributed by atoms with Gasteiger partial charge in [0.15, 0.2) is 0 Å². The number of fused-ring (bicyclic) bond motifs is 1. The Morgan fingerprint density at radius 1 is 1.15 bits per heavy atom. The highest BCUT2D eigenvalue weighted by atomic mass is 16.6. The van der Waals surface area contributed by atoms with Crippen molar-refractivity contribution in [2.75, 3.05) is 0 Å². The third-order valence-corrected chi connectivity index (χ3v) is 5.54. The molecule has 0 saturated heterocycles. The zero-order valence-electron chi connectivity index (χ0n) is 16.4. The van der Waals surface area contributed by atoms with E-state index in [-0.39, 0.29) is 22.8 Å². The summed E-state index contributed by atoms with van der Waals surface area (Å²) in [6.07, 6.45) is 2.97.